The fourth-order valence-corrected chi connectivity index (χ4v) is 4.73. The summed E-state index contributed by atoms with van der Waals surface area (Å²) in [7, 11) is 0. The Labute approximate surface area is 231 Å². The molecule has 0 aromatic heterocycles. The van der Waals surface area contributed by atoms with Gasteiger partial charge in [0.2, 0.25) is 0 Å². The Bertz CT molecular complexity index is 1610. The maximum absolute atomic E-state index is 13.6. The van der Waals surface area contributed by atoms with Crippen LogP contribution in [0.25, 0.3) is 0 Å². The molecule has 2 heterocycles. The molecule has 196 valence electrons. The molecule has 0 saturated carbocycles. The molecule has 0 aliphatic carbocycles. The zero-order valence-electron chi connectivity index (χ0n) is 20.0. The van der Waals surface area contributed by atoms with Crippen LogP contribution in [0, 0.1) is 23.0 Å². The largest absolute Gasteiger partial charge is 0.454 e. The number of carbonyl (C=O) groups is 2. The van der Waals surface area contributed by atoms with Crippen molar-refractivity contribution in [1.29, 1.82) is 5.26 Å². The Morgan fingerprint density at radius 1 is 1.08 bits per heavy atom. The number of hydrazone groups is 1. The highest BCUT2D eigenvalue weighted by molar-refractivity contribution is 6.37. The van der Waals surface area contributed by atoms with Gasteiger partial charge < -0.3 is 15.0 Å². The SMILES string of the molecule is C=C1NC(=O)N(c2cc(Cl)c(Oc3ccc4c(c3)CCN(Cc3ccc(F)c(F)c3)C4=O)c(Cl)c2)N=C1C#N. The van der Waals surface area contributed by atoms with Gasteiger partial charge in [-0.15, -0.1) is 0 Å². The number of nitriles is 1. The minimum absolute atomic E-state index is 0.0748. The van der Waals surface area contributed by atoms with E-state index in [9.17, 15) is 23.6 Å². The second-order valence-electron chi connectivity index (χ2n) is 8.67. The highest BCUT2D eigenvalue weighted by atomic mass is 35.5. The number of nitrogens with one attached hydrogen (secondary N) is 1. The van der Waals surface area contributed by atoms with E-state index >= 15 is 0 Å². The van der Waals surface area contributed by atoms with E-state index < -0.39 is 17.7 Å². The number of fused-ring (bicyclic) bond motifs is 1. The first-order valence-electron chi connectivity index (χ1n) is 11.5. The van der Waals surface area contributed by atoms with E-state index in [-0.39, 0.29) is 45.3 Å². The minimum atomic E-state index is -0.964. The summed E-state index contributed by atoms with van der Waals surface area (Å²) in [5.41, 5.74) is 1.90. The molecular weight excluding hydrogens is 551 g/mol. The molecule has 3 aromatic rings. The zero-order chi connectivity index (χ0) is 27.8. The molecule has 0 atom stereocenters. The number of amides is 3. The normalized spacial score (nSPS) is 14.9. The lowest BCUT2D eigenvalue weighted by atomic mass is 9.98. The summed E-state index contributed by atoms with van der Waals surface area (Å²) in [5.74, 6) is -1.65. The third kappa shape index (κ3) is 5.14. The molecule has 3 aromatic carbocycles. The van der Waals surface area contributed by atoms with Crippen LogP contribution in [0.1, 0.15) is 21.5 Å². The van der Waals surface area contributed by atoms with E-state index in [2.05, 4.69) is 17.0 Å². The van der Waals surface area contributed by atoms with Crippen LogP contribution in [0.2, 0.25) is 10.0 Å². The van der Waals surface area contributed by atoms with Gasteiger partial charge in [0.05, 0.1) is 21.4 Å². The first-order valence-corrected chi connectivity index (χ1v) is 12.2. The number of nitrogens with zero attached hydrogens (tertiary/aromatic N) is 4. The van der Waals surface area contributed by atoms with Crippen molar-refractivity contribution in [3.63, 3.8) is 0 Å². The van der Waals surface area contributed by atoms with Crippen LogP contribution in [-0.4, -0.2) is 29.1 Å². The van der Waals surface area contributed by atoms with Crippen LogP contribution in [0.4, 0.5) is 19.3 Å². The molecule has 5 rings (SSSR count). The van der Waals surface area contributed by atoms with Gasteiger partial charge in [0.15, 0.2) is 23.1 Å². The molecule has 0 saturated heterocycles. The number of benzene rings is 3. The molecule has 3 amide bonds. The summed E-state index contributed by atoms with van der Waals surface area (Å²) < 4.78 is 32.7. The van der Waals surface area contributed by atoms with Crippen molar-refractivity contribution in [2.75, 3.05) is 11.6 Å². The van der Waals surface area contributed by atoms with E-state index in [0.717, 1.165) is 22.7 Å². The number of carbonyl (C=O) groups excluding carboxylic acids is 2. The molecule has 0 spiro atoms. The number of urea groups is 1. The van der Waals surface area contributed by atoms with Gasteiger partial charge in [-0.1, -0.05) is 35.8 Å². The van der Waals surface area contributed by atoms with Crippen molar-refractivity contribution in [1.82, 2.24) is 10.2 Å². The van der Waals surface area contributed by atoms with Gasteiger partial charge in [-0.25, -0.2) is 13.6 Å². The molecule has 0 radical (unpaired) electrons. The van der Waals surface area contributed by atoms with Crippen LogP contribution in [-0.2, 0) is 13.0 Å². The number of ether oxygens (including phenoxy) is 1. The highest BCUT2D eigenvalue weighted by Gasteiger charge is 2.27. The summed E-state index contributed by atoms with van der Waals surface area (Å²) in [6.45, 7) is 4.09. The van der Waals surface area contributed by atoms with Gasteiger partial charge in [0.25, 0.3) is 5.91 Å². The molecule has 12 heteroatoms. The summed E-state index contributed by atoms with van der Waals surface area (Å²) >= 11 is 12.8. The Hall–Kier alpha value is -4.46. The van der Waals surface area contributed by atoms with E-state index in [4.69, 9.17) is 27.9 Å². The topological polar surface area (TPSA) is 98.0 Å². The summed E-state index contributed by atoms with van der Waals surface area (Å²) in [6, 6.07) is 12.5. The Morgan fingerprint density at radius 2 is 1.82 bits per heavy atom. The molecule has 2 aliphatic heterocycles. The predicted octanol–water partition coefficient (Wildman–Crippen LogP) is 6.19. The fourth-order valence-electron chi connectivity index (χ4n) is 4.18. The zero-order valence-corrected chi connectivity index (χ0v) is 21.5. The van der Waals surface area contributed by atoms with Crippen LogP contribution < -0.4 is 15.1 Å². The smallest absolute Gasteiger partial charge is 0.347 e. The standard InChI is InChI=1S/C27H17Cl2F2N5O3/c1-14-24(12-32)34-36(27(38)33-14)17-10-20(28)25(21(29)11-17)39-18-3-4-19-16(9-18)6-7-35(26(19)37)13-15-2-5-22(30)23(31)8-15/h2-5,8-11H,1,6-7,13H2,(H,33,38). The Kier molecular flexibility index (Phi) is 6.95. The van der Waals surface area contributed by atoms with Gasteiger partial charge in [0, 0.05) is 18.7 Å². The molecule has 2 aliphatic rings. The second kappa shape index (κ2) is 10.4. The van der Waals surface area contributed by atoms with Crippen molar-refractivity contribution in [2.45, 2.75) is 13.0 Å². The lowest BCUT2D eigenvalue weighted by Gasteiger charge is -2.29. The number of hydrogen-bond donors (Lipinski definition) is 1. The van der Waals surface area contributed by atoms with Crippen LogP contribution in [0.3, 0.4) is 0 Å². The average Bonchev–Trinajstić information content (AvgIpc) is 2.90. The molecule has 39 heavy (non-hydrogen) atoms. The molecule has 1 N–H and O–H groups in total. The maximum Gasteiger partial charge on any atom is 0.347 e. The van der Waals surface area contributed by atoms with Crippen LogP contribution in [0.5, 0.6) is 11.5 Å². The summed E-state index contributed by atoms with van der Waals surface area (Å²) in [5, 5.41) is 16.7. The van der Waals surface area contributed by atoms with Crippen LogP contribution in [0.15, 0.2) is 65.9 Å². The first kappa shape index (κ1) is 26.2. The van der Waals surface area contributed by atoms with E-state index in [0.29, 0.717) is 29.8 Å². The van der Waals surface area contributed by atoms with E-state index in [1.54, 1.807) is 23.1 Å². The van der Waals surface area contributed by atoms with Gasteiger partial charge in [-0.05, 0) is 60.0 Å². The molecule has 8 nitrogen and oxygen atoms in total. The molecule has 0 bridgehead atoms. The van der Waals surface area contributed by atoms with Crippen LogP contribution >= 0.6 is 23.2 Å². The first-order chi connectivity index (χ1) is 18.6. The minimum Gasteiger partial charge on any atom is -0.454 e. The van der Waals surface area contributed by atoms with Gasteiger partial charge in [0.1, 0.15) is 11.8 Å². The molecular formula is C27H17Cl2F2N5O3. The number of rotatable bonds is 5. The van der Waals surface area contributed by atoms with E-state index in [1.807, 2.05) is 6.07 Å². The second-order valence-corrected chi connectivity index (χ2v) is 9.48. The Morgan fingerprint density at radius 3 is 2.51 bits per heavy atom. The number of hydrogen-bond acceptors (Lipinski definition) is 5. The van der Waals surface area contributed by atoms with E-state index in [1.165, 1.54) is 18.2 Å². The fraction of sp³-hybridized carbons (Fsp3) is 0.111. The lowest BCUT2D eigenvalue weighted by Crippen LogP contribution is -2.42. The van der Waals surface area contributed by atoms with Gasteiger partial charge in [-0.2, -0.15) is 15.4 Å². The molecule has 0 fully saturated rings. The summed E-state index contributed by atoms with van der Waals surface area (Å²) in [6.07, 6.45) is 0.511. The highest BCUT2D eigenvalue weighted by Crippen LogP contribution is 2.41. The number of allylic oxidation sites excluding steroid dienone is 1. The Balaban J connectivity index is 1.35. The monoisotopic (exact) mass is 567 g/mol. The van der Waals surface area contributed by atoms with Crippen molar-refractivity contribution in [3.05, 3.63) is 99.2 Å². The summed E-state index contributed by atoms with van der Waals surface area (Å²) in [4.78, 5) is 26.9. The predicted molar refractivity (Wildman–Crippen MR) is 141 cm³/mol. The number of anilines is 1. The van der Waals surface area contributed by atoms with Crippen molar-refractivity contribution in [3.8, 4) is 17.6 Å². The van der Waals surface area contributed by atoms with Gasteiger partial charge >= 0.3 is 6.03 Å². The van der Waals surface area contributed by atoms with Crippen molar-refractivity contribution < 1.29 is 23.1 Å². The number of halogens is 4. The third-order valence-corrected chi connectivity index (χ3v) is 6.65. The van der Waals surface area contributed by atoms with Gasteiger partial charge in [-0.3, -0.25) is 4.79 Å². The maximum atomic E-state index is 13.6. The lowest BCUT2D eigenvalue weighted by molar-refractivity contribution is 0.0726. The molecule has 0 unspecified atom stereocenters. The van der Waals surface area contributed by atoms with Crippen molar-refractivity contribution >= 4 is 46.5 Å². The van der Waals surface area contributed by atoms with Crippen molar-refractivity contribution in [2.24, 2.45) is 5.10 Å². The quantitative estimate of drug-likeness (QED) is 0.397. The third-order valence-electron chi connectivity index (χ3n) is 6.09. The average molecular weight is 568 g/mol.